The first-order valence-electron chi connectivity index (χ1n) is 10.7. The van der Waals surface area contributed by atoms with Crippen LogP contribution in [-0.4, -0.2) is 45.8 Å². The normalized spacial score (nSPS) is 14.3. The number of pyridine rings is 1. The number of anilines is 1. The molecule has 1 N–H and O–H groups in total. The molecule has 0 unspecified atom stereocenters. The summed E-state index contributed by atoms with van der Waals surface area (Å²) < 4.78 is 1.84. The Morgan fingerprint density at radius 3 is 2.53 bits per heavy atom. The van der Waals surface area contributed by atoms with E-state index in [4.69, 9.17) is 16.6 Å². The van der Waals surface area contributed by atoms with Crippen molar-refractivity contribution in [1.29, 1.82) is 0 Å². The highest BCUT2D eigenvalue weighted by Gasteiger charge is 2.14. The predicted octanol–water partition coefficient (Wildman–Crippen LogP) is 4.67. The second kappa shape index (κ2) is 7.89. The zero-order valence-electron chi connectivity index (χ0n) is 17.4. The van der Waals surface area contributed by atoms with Gasteiger partial charge in [-0.25, -0.2) is 9.50 Å². The number of hydrogen-bond acceptors (Lipinski definition) is 5. The molecule has 6 nitrogen and oxygen atoms in total. The van der Waals surface area contributed by atoms with Gasteiger partial charge in [0.25, 0.3) is 0 Å². The van der Waals surface area contributed by atoms with E-state index in [1.54, 1.807) is 6.20 Å². The molecule has 0 aliphatic carbocycles. The van der Waals surface area contributed by atoms with E-state index < -0.39 is 0 Å². The molecule has 0 saturated carbocycles. The number of hydrogen-bond donors (Lipinski definition) is 1. The number of rotatable bonds is 3. The molecule has 1 saturated heterocycles. The first kappa shape index (κ1) is 19.2. The summed E-state index contributed by atoms with van der Waals surface area (Å²) in [4.78, 5) is 11.6. The van der Waals surface area contributed by atoms with Gasteiger partial charge < -0.3 is 10.2 Å². The number of fused-ring (bicyclic) bond motifs is 2. The third-order valence-corrected chi connectivity index (χ3v) is 6.27. The van der Waals surface area contributed by atoms with Crippen molar-refractivity contribution in [3.63, 3.8) is 0 Å². The molecule has 1 aliphatic heterocycles. The molecule has 6 rings (SSSR count). The zero-order chi connectivity index (χ0) is 21.5. The van der Waals surface area contributed by atoms with Crippen LogP contribution in [0.25, 0.3) is 38.8 Å². The molecule has 1 aliphatic rings. The Bertz CT molecular complexity index is 1420. The van der Waals surface area contributed by atoms with E-state index in [9.17, 15) is 0 Å². The summed E-state index contributed by atoms with van der Waals surface area (Å²) >= 11 is 6.15. The molecule has 4 heterocycles. The van der Waals surface area contributed by atoms with E-state index in [1.165, 1.54) is 5.69 Å². The number of benzene rings is 2. The van der Waals surface area contributed by atoms with Crippen LogP contribution in [0, 0.1) is 0 Å². The quantitative estimate of drug-likeness (QED) is 0.441. The van der Waals surface area contributed by atoms with Gasteiger partial charge in [0.1, 0.15) is 0 Å². The Balaban J connectivity index is 1.36. The average Bonchev–Trinajstić information content (AvgIpc) is 3.27. The molecule has 32 heavy (non-hydrogen) atoms. The number of nitrogens with zero attached hydrogens (tertiary/aromatic N) is 5. The Morgan fingerprint density at radius 1 is 0.844 bits per heavy atom. The minimum absolute atomic E-state index is 0.674. The highest BCUT2D eigenvalue weighted by molar-refractivity contribution is 6.31. The number of piperazine rings is 1. The van der Waals surface area contributed by atoms with Crippen LogP contribution < -0.4 is 10.2 Å². The van der Waals surface area contributed by atoms with Crippen molar-refractivity contribution in [2.75, 3.05) is 31.1 Å². The fourth-order valence-electron chi connectivity index (χ4n) is 4.36. The van der Waals surface area contributed by atoms with Gasteiger partial charge in [0.2, 0.25) is 0 Å². The Labute approximate surface area is 190 Å². The Kier molecular flexibility index (Phi) is 4.74. The van der Waals surface area contributed by atoms with E-state index in [-0.39, 0.29) is 0 Å². The van der Waals surface area contributed by atoms with Crippen LogP contribution in [0.1, 0.15) is 0 Å². The van der Waals surface area contributed by atoms with Gasteiger partial charge >= 0.3 is 0 Å². The monoisotopic (exact) mass is 440 g/mol. The van der Waals surface area contributed by atoms with Gasteiger partial charge in [-0.05, 0) is 41.5 Å². The van der Waals surface area contributed by atoms with Gasteiger partial charge in [-0.2, -0.15) is 5.10 Å². The predicted molar refractivity (Wildman–Crippen MR) is 129 cm³/mol. The summed E-state index contributed by atoms with van der Waals surface area (Å²) in [7, 11) is 0. The molecule has 3 aromatic heterocycles. The van der Waals surface area contributed by atoms with Crippen LogP contribution in [0.3, 0.4) is 0 Å². The van der Waals surface area contributed by atoms with Crippen LogP contribution >= 0.6 is 11.6 Å². The van der Waals surface area contributed by atoms with Gasteiger partial charge in [-0.1, -0.05) is 29.8 Å². The lowest BCUT2D eigenvalue weighted by Crippen LogP contribution is -2.43. The molecule has 0 radical (unpaired) electrons. The summed E-state index contributed by atoms with van der Waals surface area (Å²) in [6.07, 6.45) is 7.61. The van der Waals surface area contributed by atoms with Gasteiger partial charge in [0, 0.05) is 72.0 Å². The van der Waals surface area contributed by atoms with Crippen LogP contribution in [-0.2, 0) is 0 Å². The highest BCUT2D eigenvalue weighted by atomic mass is 35.5. The summed E-state index contributed by atoms with van der Waals surface area (Å²) in [5.74, 6) is 0. The van der Waals surface area contributed by atoms with E-state index in [0.717, 1.165) is 65.0 Å². The van der Waals surface area contributed by atoms with Crippen LogP contribution in [0.4, 0.5) is 5.69 Å². The topological polar surface area (TPSA) is 58.4 Å². The molecular formula is C25H21ClN6. The van der Waals surface area contributed by atoms with Crippen LogP contribution in [0.2, 0.25) is 5.02 Å². The molecule has 158 valence electrons. The van der Waals surface area contributed by atoms with Crippen molar-refractivity contribution in [3.8, 4) is 22.3 Å². The van der Waals surface area contributed by atoms with Gasteiger partial charge in [-0.15, -0.1) is 0 Å². The van der Waals surface area contributed by atoms with E-state index in [0.29, 0.717) is 5.02 Å². The average molecular weight is 441 g/mol. The van der Waals surface area contributed by atoms with Gasteiger partial charge in [-0.3, -0.25) is 4.98 Å². The fourth-order valence-corrected chi connectivity index (χ4v) is 4.52. The maximum atomic E-state index is 6.15. The lowest BCUT2D eigenvalue weighted by atomic mass is 10.0. The van der Waals surface area contributed by atoms with Crippen molar-refractivity contribution in [3.05, 3.63) is 78.3 Å². The van der Waals surface area contributed by atoms with Crippen molar-refractivity contribution in [2.24, 2.45) is 0 Å². The molecule has 0 spiro atoms. The standard InChI is InChI=1S/C25H21ClN6/c26-19-3-6-22-21(7-8-28-24(22)13-19)23-15-30-32-16-18(14-29-25(23)32)17-1-4-20(5-2-17)31-11-9-27-10-12-31/h1-8,13-16,27H,9-12H2. The van der Waals surface area contributed by atoms with Crippen molar-refractivity contribution in [2.45, 2.75) is 0 Å². The molecule has 0 bridgehead atoms. The highest BCUT2D eigenvalue weighted by Crippen LogP contribution is 2.32. The van der Waals surface area contributed by atoms with Crippen LogP contribution in [0.5, 0.6) is 0 Å². The maximum absolute atomic E-state index is 6.15. The molecule has 0 atom stereocenters. The third-order valence-electron chi connectivity index (χ3n) is 6.03. The van der Waals surface area contributed by atoms with Crippen molar-refractivity contribution in [1.82, 2.24) is 24.9 Å². The lowest BCUT2D eigenvalue weighted by Gasteiger charge is -2.29. The minimum atomic E-state index is 0.674. The molecule has 0 amide bonds. The molecule has 5 aromatic rings. The fraction of sp³-hybridized carbons (Fsp3) is 0.160. The van der Waals surface area contributed by atoms with E-state index >= 15 is 0 Å². The third kappa shape index (κ3) is 3.38. The molecule has 7 heteroatoms. The molecule has 1 fully saturated rings. The largest absolute Gasteiger partial charge is 0.369 e. The minimum Gasteiger partial charge on any atom is -0.369 e. The summed E-state index contributed by atoms with van der Waals surface area (Å²) in [5, 5.41) is 9.69. The summed E-state index contributed by atoms with van der Waals surface area (Å²) in [5.41, 5.74) is 7.10. The number of aromatic nitrogens is 4. The van der Waals surface area contributed by atoms with Crippen molar-refractivity contribution >= 4 is 33.8 Å². The zero-order valence-corrected chi connectivity index (χ0v) is 18.1. The van der Waals surface area contributed by atoms with Gasteiger partial charge in [0.05, 0.1) is 11.7 Å². The molecule has 2 aromatic carbocycles. The van der Waals surface area contributed by atoms with Gasteiger partial charge in [0.15, 0.2) is 5.65 Å². The second-order valence-electron chi connectivity index (χ2n) is 7.97. The SMILES string of the molecule is Clc1ccc2c(-c3cnn4cc(-c5ccc(N6CCNCC6)cc5)cnc34)ccnc2c1. The smallest absolute Gasteiger partial charge is 0.162 e. The summed E-state index contributed by atoms with van der Waals surface area (Å²) in [6, 6.07) is 16.4. The van der Waals surface area contributed by atoms with E-state index in [2.05, 4.69) is 44.6 Å². The number of nitrogens with one attached hydrogen (secondary N) is 1. The number of halogens is 1. The van der Waals surface area contributed by atoms with Crippen LogP contribution in [0.15, 0.2) is 73.3 Å². The Morgan fingerprint density at radius 2 is 1.69 bits per heavy atom. The van der Waals surface area contributed by atoms with Crippen molar-refractivity contribution < 1.29 is 0 Å². The summed E-state index contributed by atoms with van der Waals surface area (Å²) in [6.45, 7) is 4.14. The molecular weight excluding hydrogens is 420 g/mol. The lowest BCUT2D eigenvalue weighted by molar-refractivity contribution is 0.589. The maximum Gasteiger partial charge on any atom is 0.162 e. The second-order valence-corrected chi connectivity index (χ2v) is 8.41. The first-order chi connectivity index (χ1) is 15.8. The Hall–Kier alpha value is -3.48. The van der Waals surface area contributed by atoms with E-state index in [1.807, 2.05) is 47.4 Å². The first-order valence-corrected chi connectivity index (χ1v) is 11.1.